The average molecular weight is 453 g/mol. The van der Waals surface area contributed by atoms with Gasteiger partial charge in [0.1, 0.15) is 18.6 Å². The topological polar surface area (TPSA) is 85.4 Å². The van der Waals surface area contributed by atoms with Crippen LogP contribution < -0.4 is 4.74 Å². The standard InChI is InChI=1S/C26H32N2O5/c1-17-3-12-24(25(28-2)23(17)13-27)33-26(29)20-6-4-18(5-7-20)19-8-10-21(11-9-19)32-16-30-14-22-15-31-22/h3,12,18-22H,4-11,14-16H2,1H3. The van der Waals surface area contributed by atoms with Gasteiger partial charge in [-0.25, -0.2) is 4.85 Å². The van der Waals surface area contributed by atoms with Gasteiger partial charge in [0.05, 0.1) is 43.4 Å². The number of epoxide rings is 1. The Hall–Kier alpha value is -2.45. The summed E-state index contributed by atoms with van der Waals surface area (Å²) < 4.78 is 22.1. The van der Waals surface area contributed by atoms with Gasteiger partial charge in [-0.2, -0.15) is 5.26 Å². The van der Waals surface area contributed by atoms with Crippen molar-refractivity contribution in [1.82, 2.24) is 0 Å². The van der Waals surface area contributed by atoms with E-state index < -0.39 is 0 Å². The lowest BCUT2D eigenvalue weighted by Gasteiger charge is -2.37. The number of carbonyl (C=O) groups excluding carboxylic acids is 1. The largest absolute Gasteiger partial charge is 0.438 e. The van der Waals surface area contributed by atoms with E-state index in [0.29, 0.717) is 30.8 Å². The highest BCUT2D eigenvalue weighted by Gasteiger charge is 2.34. The molecule has 1 atom stereocenters. The van der Waals surface area contributed by atoms with Crippen LogP contribution in [0.2, 0.25) is 0 Å². The van der Waals surface area contributed by atoms with Gasteiger partial charge in [0.2, 0.25) is 5.69 Å². The van der Waals surface area contributed by atoms with Crippen LogP contribution in [0.3, 0.4) is 0 Å². The Balaban J connectivity index is 1.20. The van der Waals surface area contributed by atoms with Crippen molar-refractivity contribution in [2.24, 2.45) is 17.8 Å². The van der Waals surface area contributed by atoms with Gasteiger partial charge in [0.25, 0.3) is 0 Å². The Morgan fingerprint density at radius 1 is 1.15 bits per heavy atom. The van der Waals surface area contributed by atoms with Crippen LogP contribution in [0.5, 0.6) is 5.75 Å². The van der Waals surface area contributed by atoms with Crippen molar-refractivity contribution in [3.05, 3.63) is 34.7 Å². The predicted octanol–water partition coefficient (Wildman–Crippen LogP) is 5.08. The quantitative estimate of drug-likeness (QED) is 0.137. The zero-order valence-electron chi connectivity index (χ0n) is 19.3. The molecule has 7 heteroatoms. The van der Waals surface area contributed by atoms with Crippen molar-refractivity contribution in [1.29, 1.82) is 5.26 Å². The van der Waals surface area contributed by atoms with Crippen molar-refractivity contribution in [3.63, 3.8) is 0 Å². The molecular weight excluding hydrogens is 420 g/mol. The molecule has 3 aliphatic rings. The van der Waals surface area contributed by atoms with Gasteiger partial charge < -0.3 is 18.9 Å². The number of hydrogen-bond donors (Lipinski definition) is 0. The lowest BCUT2D eigenvalue weighted by Crippen LogP contribution is -2.31. The zero-order chi connectivity index (χ0) is 23.2. The molecule has 3 fully saturated rings. The average Bonchev–Trinajstić information content (AvgIpc) is 3.67. The first-order valence-corrected chi connectivity index (χ1v) is 12.0. The number of aryl methyl sites for hydroxylation is 1. The number of carbonyl (C=O) groups is 1. The molecule has 1 saturated heterocycles. The van der Waals surface area contributed by atoms with Gasteiger partial charge in [-0.15, -0.1) is 0 Å². The Bertz CT molecular complexity index is 914. The monoisotopic (exact) mass is 452 g/mol. The second-order valence-electron chi connectivity index (χ2n) is 9.51. The first kappa shape index (κ1) is 23.7. The van der Waals surface area contributed by atoms with Gasteiger partial charge >= 0.3 is 5.97 Å². The summed E-state index contributed by atoms with van der Waals surface area (Å²) in [6.45, 7) is 11.0. The fraction of sp³-hybridized carbons (Fsp3) is 0.654. The number of ether oxygens (including phenoxy) is 4. The summed E-state index contributed by atoms with van der Waals surface area (Å²) in [6.07, 6.45) is 8.77. The lowest BCUT2D eigenvalue weighted by molar-refractivity contribution is -0.140. The molecule has 0 aromatic heterocycles. The third-order valence-electron chi connectivity index (χ3n) is 7.37. The van der Waals surface area contributed by atoms with E-state index in [0.717, 1.165) is 45.1 Å². The van der Waals surface area contributed by atoms with Gasteiger partial charge in [-0.1, -0.05) is 6.07 Å². The van der Waals surface area contributed by atoms with Crippen molar-refractivity contribution in [2.75, 3.05) is 20.0 Å². The number of rotatable bonds is 8. The molecule has 1 aromatic carbocycles. The molecule has 1 aliphatic heterocycles. The highest BCUT2D eigenvalue weighted by molar-refractivity contribution is 5.79. The minimum atomic E-state index is -0.278. The molecule has 0 bridgehead atoms. The zero-order valence-corrected chi connectivity index (χ0v) is 19.3. The van der Waals surface area contributed by atoms with Crippen LogP contribution in [0, 0.1) is 42.6 Å². The van der Waals surface area contributed by atoms with Crippen LogP contribution in [0.1, 0.15) is 62.5 Å². The van der Waals surface area contributed by atoms with E-state index in [4.69, 9.17) is 25.5 Å². The van der Waals surface area contributed by atoms with Gasteiger partial charge in [-0.3, -0.25) is 4.79 Å². The first-order valence-electron chi connectivity index (χ1n) is 12.0. The van der Waals surface area contributed by atoms with Crippen LogP contribution in [-0.4, -0.2) is 38.2 Å². The van der Waals surface area contributed by atoms with Crippen molar-refractivity contribution >= 4 is 11.7 Å². The highest BCUT2D eigenvalue weighted by atomic mass is 16.7. The maximum atomic E-state index is 12.8. The Morgan fingerprint density at radius 3 is 2.42 bits per heavy atom. The molecule has 0 radical (unpaired) electrons. The molecule has 176 valence electrons. The number of esters is 1. The van der Waals surface area contributed by atoms with Gasteiger partial charge in [-0.05, 0) is 81.8 Å². The minimum Gasteiger partial charge on any atom is -0.438 e. The van der Waals surface area contributed by atoms with Crippen LogP contribution in [-0.2, 0) is 19.0 Å². The molecule has 1 aromatic rings. The third-order valence-corrected chi connectivity index (χ3v) is 7.37. The molecule has 0 amide bonds. The summed E-state index contributed by atoms with van der Waals surface area (Å²) in [7, 11) is 0. The minimum absolute atomic E-state index is 0.129. The number of nitriles is 1. The van der Waals surface area contributed by atoms with Crippen molar-refractivity contribution in [2.45, 2.75) is 70.5 Å². The van der Waals surface area contributed by atoms with Gasteiger partial charge in [0.15, 0.2) is 0 Å². The maximum Gasteiger partial charge on any atom is 0.313 e. The van der Waals surface area contributed by atoms with E-state index in [1.807, 2.05) is 6.07 Å². The lowest BCUT2D eigenvalue weighted by atomic mass is 9.70. The molecule has 2 aliphatic carbocycles. The summed E-state index contributed by atoms with van der Waals surface area (Å²) in [6, 6.07) is 5.39. The fourth-order valence-corrected chi connectivity index (χ4v) is 5.24. The summed E-state index contributed by atoms with van der Waals surface area (Å²) >= 11 is 0. The Labute approximate surface area is 195 Å². The highest BCUT2D eigenvalue weighted by Crippen LogP contribution is 2.41. The van der Waals surface area contributed by atoms with E-state index in [1.54, 1.807) is 19.1 Å². The Kier molecular flexibility index (Phi) is 7.98. The second-order valence-corrected chi connectivity index (χ2v) is 9.51. The number of nitrogens with zero attached hydrogens (tertiary/aromatic N) is 2. The molecule has 1 heterocycles. The molecule has 33 heavy (non-hydrogen) atoms. The molecule has 2 saturated carbocycles. The van der Waals surface area contributed by atoms with E-state index in [2.05, 4.69) is 4.85 Å². The molecule has 7 nitrogen and oxygen atoms in total. The van der Waals surface area contributed by atoms with Crippen LogP contribution in [0.15, 0.2) is 12.1 Å². The molecule has 1 unspecified atom stereocenters. The summed E-state index contributed by atoms with van der Waals surface area (Å²) in [5.74, 6) is 1.14. The van der Waals surface area contributed by atoms with Crippen LogP contribution in [0.25, 0.3) is 4.85 Å². The maximum absolute atomic E-state index is 12.8. The van der Waals surface area contributed by atoms with Crippen molar-refractivity contribution < 1.29 is 23.7 Å². The predicted molar refractivity (Wildman–Crippen MR) is 121 cm³/mol. The smallest absolute Gasteiger partial charge is 0.313 e. The normalized spacial score (nSPS) is 29.0. The van der Waals surface area contributed by atoms with Gasteiger partial charge in [0, 0.05) is 0 Å². The first-order chi connectivity index (χ1) is 16.1. The second kappa shape index (κ2) is 11.1. The summed E-state index contributed by atoms with van der Waals surface area (Å²) in [5.41, 5.74) is 1.12. The Morgan fingerprint density at radius 2 is 1.82 bits per heavy atom. The van der Waals surface area contributed by atoms with E-state index in [-0.39, 0.29) is 41.1 Å². The van der Waals surface area contributed by atoms with Crippen LogP contribution >= 0.6 is 0 Å². The molecule has 4 rings (SSSR count). The molecular formula is C26H32N2O5. The van der Waals surface area contributed by atoms with E-state index in [1.165, 1.54) is 12.8 Å². The van der Waals surface area contributed by atoms with Crippen molar-refractivity contribution in [3.8, 4) is 11.8 Å². The number of hydrogen-bond acceptors (Lipinski definition) is 6. The SMILES string of the molecule is [C-]#[N+]c1c(OC(=O)C2CCC(C3CCC(OCOCC4CO4)CC3)CC2)ccc(C)c1C#N. The third kappa shape index (κ3) is 6.12. The number of benzene rings is 1. The van der Waals surface area contributed by atoms with E-state index in [9.17, 15) is 10.1 Å². The molecule has 0 N–H and O–H groups in total. The van der Waals surface area contributed by atoms with Crippen LogP contribution in [0.4, 0.5) is 5.69 Å². The van der Waals surface area contributed by atoms with E-state index >= 15 is 0 Å². The summed E-state index contributed by atoms with van der Waals surface area (Å²) in [5, 5.41) is 9.33. The fourth-order valence-electron chi connectivity index (χ4n) is 5.24. The summed E-state index contributed by atoms with van der Waals surface area (Å²) in [4.78, 5) is 16.2. The molecule has 0 spiro atoms.